The first-order chi connectivity index (χ1) is 7.81. The van der Waals surface area contributed by atoms with Gasteiger partial charge >= 0.3 is 5.97 Å². The Morgan fingerprint density at radius 1 is 1.29 bits per heavy atom. The summed E-state index contributed by atoms with van der Waals surface area (Å²) in [5.74, 6) is -2.60. The van der Waals surface area contributed by atoms with Crippen molar-refractivity contribution < 1.29 is 20.1 Å². The number of carboxylic acids is 1. The predicted octanol–water partition coefficient (Wildman–Crippen LogP) is 1.88. The van der Waals surface area contributed by atoms with E-state index in [0.29, 0.717) is 12.0 Å². The molecule has 17 heavy (non-hydrogen) atoms. The van der Waals surface area contributed by atoms with Crippen LogP contribution < -0.4 is 0 Å². The third kappa shape index (κ3) is 5.85. The van der Waals surface area contributed by atoms with E-state index in [2.05, 4.69) is 6.58 Å². The molecule has 0 unspecified atom stereocenters. The number of rotatable bonds is 3. The zero-order valence-corrected chi connectivity index (χ0v) is 10.1. The molecule has 1 rings (SSSR count). The number of carboxylic acid groups (broad SMARTS) is 1. The van der Waals surface area contributed by atoms with Gasteiger partial charge in [-0.25, -0.2) is 4.79 Å². The molecule has 0 heterocycles. The number of hydrogen-bond donors (Lipinski definition) is 3. The second-order valence-electron chi connectivity index (χ2n) is 3.62. The normalized spacial score (nSPS) is 10.1. The first kappa shape index (κ1) is 15.4. The molecule has 94 valence electrons. The van der Waals surface area contributed by atoms with Crippen LogP contribution in [0.15, 0.2) is 42.5 Å². The van der Waals surface area contributed by atoms with Crippen LogP contribution in [-0.2, 0) is 10.6 Å². The lowest BCUT2D eigenvalue weighted by Gasteiger charge is -2.19. The van der Waals surface area contributed by atoms with Gasteiger partial charge in [0.25, 0.3) is 0 Å². The Labute approximate surface area is 101 Å². The van der Waals surface area contributed by atoms with Crippen LogP contribution in [0, 0.1) is 0 Å². The Morgan fingerprint density at radius 2 is 1.71 bits per heavy atom. The van der Waals surface area contributed by atoms with Gasteiger partial charge < -0.3 is 15.3 Å². The Balaban J connectivity index is 0.000000366. The van der Waals surface area contributed by atoms with Gasteiger partial charge in [0, 0.05) is 17.6 Å². The third-order valence-electron chi connectivity index (χ3n) is 2.09. The highest BCUT2D eigenvalue weighted by atomic mass is 16.5. The molecule has 3 N–H and O–H groups in total. The van der Waals surface area contributed by atoms with Crippen molar-refractivity contribution in [3.05, 3.63) is 48.0 Å². The fourth-order valence-electron chi connectivity index (χ4n) is 0.909. The van der Waals surface area contributed by atoms with Gasteiger partial charge in [-0.2, -0.15) is 0 Å². The van der Waals surface area contributed by atoms with E-state index in [0.717, 1.165) is 0 Å². The maximum absolute atomic E-state index is 9.60. The zero-order chi connectivity index (χ0) is 13.5. The van der Waals surface area contributed by atoms with E-state index in [1.165, 1.54) is 6.92 Å². The first-order valence-corrected chi connectivity index (χ1v) is 5.20. The second kappa shape index (κ2) is 6.83. The van der Waals surface area contributed by atoms with Crippen LogP contribution in [0.1, 0.15) is 25.8 Å². The van der Waals surface area contributed by atoms with Gasteiger partial charge in [0.2, 0.25) is 0 Å². The molecule has 0 amide bonds. The van der Waals surface area contributed by atoms with Crippen molar-refractivity contribution in [2.24, 2.45) is 0 Å². The zero-order valence-electron chi connectivity index (χ0n) is 10.1. The van der Waals surface area contributed by atoms with E-state index in [4.69, 9.17) is 5.11 Å². The van der Waals surface area contributed by atoms with Crippen LogP contribution in [0.3, 0.4) is 0 Å². The molecular weight excluding hydrogens is 220 g/mol. The highest BCUT2D eigenvalue weighted by molar-refractivity contribution is 5.84. The van der Waals surface area contributed by atoms with Gasteiger partial charge in [0.05, 0.1) is 0 Å². The average molecular weight is 238 g/mol. The van der Waals surface area contributed by atoms with Gasteiger partial charge in [-0.3, -0.25) is 0 Å². The number of aliphatic carboxylic acids is 1. The Bertz CT molecular complexity index is 356. The molecule has 0 aromatic heterocycles. The topological polar surface area (TPSA) is 77.8 Å². The fourth-order valence-corrected chi connectivity index (χ4v) is 0.909. The van der Waals surface area contributed by atoms with Crippen LogP contribution in [0.5, 0.6) is 0 Å². The molecule has 4 nitrogen and oxygen atoms in total. The summed E-state index contributed by atoms with van der Waals surface area (Å²) >= 11 is 0. The predicted molar refractivity (Wildman–Crippen MR) is 65.3 cm³/mol. The van der Waals surface area contributed by atoms with Gasteiger partial charge in [-0.1, -0.05) is 43.8 Å². The van der Waals surface area contributed by atoms with E-state index < -0.39 is 11.8 Å². The molecule has 0 aliphatic rings. The highest BCUT2D eigenvalue weighted by Gasteiger charge is 2.21. The molecule has 1 aromatic rings. The van der Waals surface area contributed by atoms with Crippen molar-refractivity contribution in [3.63, 3.8) is 0 Å². The van der Waals surface area contributed by atoms with Crippen LogP contribution in [-0.4, -0.2) is 21.3 Å². The molecule has 0 radical (unpaired) electrons. The van der Waals surface area contributed by atoms with Crippen molar-refractivity contribution >= 4 is 5.97 Å². The summed E-state index contributed by atoms with van der Waals surface area (Å²) in [6.45, 7) is 6.33. The summed E-state index contributed by atoms with van der Waals surface area (Å²) in [5, 5.41) is 26.6. The van der Waals surface area contributed by atoms with Crippen molar-refractivity contribution in [1.82, 2.24) is 0 Å². The third-order valence-corrected chi connectivity index (χ3v) is 2.09. The summed E-state index contributed by atoms with van der Waals surface area (Å²) in [6.07, 6.45) is 0.303. The molecule has 1 aromatic carbocycles. The van der Waals surface area contributed by atoms with E-state index in [9.17, 15) is 15.0 Å². The fraction of sp³-hybridized carbons (Fsp3) is 0.308. The van der Waals surface area contributed by atoms with Crippen molar-refractivity contribution in [2.75, 3.05) is 0 Å². The van der Waals surface area contributed by atoms with E-state index in [-0.39, 0.29) is 5.57 Å². The first-order valence-electron chi connectivity index (χ1n) is 5.20. The summed E-state index contributed by atoms with van der Waals surface area (Å²) in [7, 11) is 0. The van der Waals surface area contributed by atoms with Crippen LogP contribution in [0.4, 0.5) is 0 Å². The SMILES string of the molecule is C=C(C)C(=O)O.CCC(O)(O)c1ccccc1. The number of benzene rings is 1. The minimum absolute atomic E-state index is 0.176. The molecule has 0 aliphatic heterocycles. The lowest BCUT2D eigenvalue weighted by Crippen LogP contribution is -2.23. The van der Waals surface area contributed by atoms with Gasteiger partial charge in [-0.15, -0.1) is 0 Å². The molecule has 0 saturated carbocycles. The van der Waals surface area contributed by atoms with Crippen LogP contribution in [0.2, 0.25) is 0 Å². The molecule has 0 fully saturated rings. The second-order valence-corrected chi connectivity index (χ2v) is 3.62. The lowest BCUT2D eigenvalue weighted by molar-refractivity contribution is -0.171. The molecule has 0 atom stereocenters. The minimum Gasteiger partial charge on any atom is -0.478 e. The largest absolute Gasteiger partial charge is 0.478 e. The van der Waals surface area contributed by atoms with E-state index in [1.807, 2.05) is 6.07 Å². The summed E-state index contributed by atoms with van der Waals surface area (Å²) in [5.41, 5.74) is 0.720. The lowest BCUT2D eigenvalue weighted by atomic mass is 10.0. The van der Waals surface area contributed by atoms with E-state index >= 15 is 0 Å². The van der Waals surface area contributed by atoms with Crippen LogP contribution in [0.25, 0.3) is 0 Å². The molecule has 4 heteroatoms. The standard InChI is InChI=1S/C9H12O2.C4H6O2/c1-2-9(10,11)8-6-4-3-5-7-8;1-3(2)4(5)6/h3-7,10-11H,2H2,1H3;1H2,2H3,(H,5,6). The summed E-state index contributed by atoms with van der Waals surface area (Å²) in [4.78, 5) is 9.60. The molecular formula is C13H18O4. The Kier molecular flexibility index (Phi) is 6.17. The van der Waals surface area contributed by atoms with Gasteiger partial charge in [-0.05, 0) is 6.92 Å². The van der Waals surface area contributed by atoms with Crippen LogP contribution >= 0.6 is 0 Å². The number of carbonyl (C=O) groups is 1. The average Bonchev–Trinajstić information content (AvgIpc) is 2.31. The van der Waals surface area contributed by atoms with Gasteiger partial charge in [0.1, 0.15) is 0 Å². The number of hydrogen-bond acceptors (Lipinski definition) is 3. The molecule has 0 spiro atoms. The molecule has 0 saturated heterocycles. The highest BCUT2D eigenvalue weighted by Crippen LogP contribution is 2.20. The quantitative estimate of drug-likeness (QED) is 0.555. The Hall–Kier alpha value is -1.65. The van der Waals surface area contributed by atoms with Gasteiger partial charge in [0.15, 0.2) is 5.79 Å². The van der Waals surface area contributed by atoms with Crippen molar-refractivity contribution in [2.45, 2.75) is 26.1 Å². The van der Waals surface area contributed by atoms with Crippen molar-refractivity contribution in [3.8, 4) is 0 Å². The summed E-state index contributed by atoms with van der Waals surface area (Å²) < 4.78 is 0. The maximum Gasteiger partial charge on any atom is 0.330 e. The maximum atomic E-state index is 9.60. The summed E-state index contributed by atoms with van der Waals surface area (Å²) in [6, 6.07) is 8.81. The van der Waals surface area contributed by atoms with E-state index in [1.54, 1.807) is 31.2 Å². The molecule has 0 aliphatic carbocycles. The number of aliphatic hydroxyl groups is 2. The molecule has 0 bridgehead atoms. The Morgan fingerprint density at radius 3 is 2.00 bits per heavy atom. The monoisotopic (exact) mass is 238 g/mol. The minimum atomic E-state index is -1.67. The van der Waals surface area contributed by atoms with Crippen molar-refractivity contribution in [1.29, 1.82) is 0 Å². The smallest absolute Gasteiger partial charge is 0.330 e.